The Balaban J connectivity index is 1.60. The van der Waals surface area contributed by atoms with Gasteiger partial charge in [-0.2, -0.15) is 5.10 Å². The molecule has 5 nitrogen and oxygen atoms in total. The second-order valence-electron chi connectivity index (χ2n) is 7.80. The van der Waals surface area contributed by atoms with Crippen LogP contribution in [0.2, 0.25) is 0 Å². The van der Waals surface area contributed by atoms with Crippen LogP contribution >= 0.6 is 0 Å². The standard InChI is InChI=1S/C25H26N4O/c1-5-30-20-12-10-19(11-13-20)28-17(3)15-22(18(28)4)25-26-23-9-7-6-8-21(23)24-14-16(2)27-29(24)25/h6-15,25-26H,5H2,1-4H3. The average Bonchev–Trinajstić information content (AvgIpc) is 3.27. The summed E-state index contributed by atoms with van der Waals surface area (Å²) in [6.07, 6.45) is -0.0498. The number of aromatic nitrogens is 3. The van der Waals surface area contributed by atoms with E-state index in [-0.39, 0.29) is 6.17 Å². The number of hydrogen-bond acceptors (Lipinski definition) is 3. The number of fused-ring (bicyclic) bond motifs is 3. The molecule has 0 bridgehead atoms. The molecule has 1 N–H and O–H groups in total. The minimum Gasteiger partial charge on any atom is -0.494 e. The zero-order valence-electron chi connectivity index (χ0n) is 17.8. The van der Waals surface area contributed by atoms with Gasteiger partial charge in [-0.05, 0) is 70.2 Å². The van der Waals surface area contributed by atoms with Gasteiger partial charge in [0.15, 0.2) is 0 Å². The number of rotatable bonds is 4. The highest BCUT2D eigenvalue weighted by Crippen LogP contribution is 2.40. The lowest BCUT2D eigenvalue weighted by Gasteiger charge is -2.29. The fraction of sp³-hybridized carbons (Fsp3) is 0.240. The monoisotopic (exact) mass is 398 g/mol. The van der Waals surface area contributed by atoms with Crippen molar-refractivity contribution in [2.75, 3.05) is 11.9 Å². The molecule has 2 aromatic heterocycles. The van der Waals surface area contributed by atoms with Crippen molar-refractivity contribution in [3.8, 4) is 22.7 Å². The van der Waals surface area contributed by atoms with E-state index in [4.69, 9.17) is 9.84 Å². The molecule has 1 aliphatic heterocycles. The van der Waals surface area contributed by atoms with Crippen LogP contribution in [0.25, 0.3) is 16.9 Å². The number of anilines is 1. The molecular formula is C25H26N4O. The molecule has 0 fully saturated rings. The molecule has 1 atom stereocenters. The van der Waals surface area contributed by atoms with E-state index in [0.29, 0.717) is 6.61 Å². The van der Waals surface area contributed by atoms with Gasteiger partial charge in [-0.1, -0.05) is 18.2 Å². The van der Waals surface area contributed by atoms with E-state index in [1.165, 1.54) is 22.5 Å². The Hall–Kier alpha value is -3.47. The molecule has 30 heavy (non-hydrogen) atoms. The fourth-order valence-corrected chi connectivity index (χ4v) is 4.48. The molecule has 0 radical (unpaired) electrons. The van der Waals surface area contributed by atoms with Crippen molar-refractivity contribution in [1.29, 1.82) is 0 Å². The third-order valence-corrected chi connectivity index (χ3v) is 5.77. The first-order valence-corrected chi connectivity index (χ1v) is 10.4. The summed E-state index contributed by atoms with van der Waals surface area (Å²) in [5.74, 6) is 0.895. The van der Waals surface area contributed by atoms with Crippen molar-refractivity contribution >= 4 is 5.69 Å². The molecule has 1 unspecified atom stereocenters. The SMILES string of the molecule is CCOc1ccc(-n2c(C)cc(C3Nc4ccccc4-c4cc(C)nn43)c2C)cc1. The van der Waals surface area contributed by atoms with E-state index >= 15 is 0 Å². The molecule has 152 valence electrons. The van der Waals surface area contributed by atoms with Crippen molar-refractivity contribution in [3.05, 3.63) is 83.3 Å². The molecule has 4 aromatic rings. The van der Waals surface area contributed by atoms with Crippen LogP contribution in [0.5, 0.6) is 5.75 Å². The second kappa shape index (κ2) is 7.10. The predicted octanol–water partition coefficient (Wildman–Crippen LogP) is 5.64. The van der Waals surface area contributed by atoms with Gasteiger partial charge in [0, 0.05) is 33.9 Å². The number of hydrogen-bond donors (Lipinski definition) is 1. The Kier molecular flexibility index (Phi) is 4.39. The Morgan fingerprint density at radius 2 is 1.77 bits per heavy atom. The summed E-state index contributed by atoms with van der Waals surface area (Å²) >= 11 is 0. The minimum atomic E-state index is -0.0498. The largest absolute Gasteiger partial charge is 0.494 e. The molecule has 0 spiro atoms. The van der Waals surface area contributed by atoms with Gasteiger partial charge in [0.05, 0.1) is 18.0 Å². The maximum atomic E-state index is 5.60. The van der Waals surface area contributed by atoms with Crippen LogP contribution in [0.1, 0.15) is 35.7 Å². The van der Waals surface area contributed by atoms with Crippen LogP contribution in [0.15, 0.2) is 60.7 Å². The molecule has 0 amide bonds. The number of benzene rings is 2. The van der Waals surface area contributed by atoms with Crippen LogP contribution in [0.4, 0.5) is 5.69 Å². The zero-order chi connectivity index (χ0) is 20.8. The number of para-hydroxylation sites is 1. The van der Waals surface area contributed by atoms with Crippen LogP contribution in [-0.4, -0.2) is 21.0 Å². The maximum Gasteiger partial charge on any atom is 0.149 e. The second-order valence-corrected chi connectivity index (χ2v) is 7.80. The van der Waals surface area contributed by atoms with Gasteiger partial charge in [-0.15, -0.1) is 0 Å². The lowest BCUT2D eigenvalue weighted by atomic mass is 10.0. The van der Waals surface area contributed by atoms with Crippen molar-refractivity contribution in [2.45, 2.75) is 33.9 Å². The van der Waals surface area contributed by atoms with Crippen LogP contribution in [0, 0.1) is 20.8 Å². The van der Waals surface area contributed by atoms with Crippen molar-refractivity contribution < 1.29 is 4.74 Å². The molecule has 2 aromatic carbocycles. The van der Waals surface area contributed by atoms with Gasteiger partial charge in [0.1, 0.15) is 11.9 Å². The van der Waals surface area contributed by atoms with Gasteiger partial charge < -0.3 is 14.6 Å². The van der Waals surface area contributed by atoms with E-state index < -0.39 is 0 Å². The molecule has 5 heteroatoms. The smallest absolute Gasteiger partial charge is 0.149 e. The number of ether oxygens (including phenoxy) is 1. The van der Waals surface area contributed by atoms with Gasteiger partial charge in [-0.25, -0.2) is 4.68 Å². The summed E-state index contributed by atoms with van der Waals surface area (Å²) in [6, 6.07) is 21.1. The summed E-state index contributed by atoms with van der Waals surface area (Å²) in [7, 11) is 0. The Morgan fingerprint density at radius 3 is 2.53 bits per heavy atom. The number of aryl methyl sites for hydroxylation is 2. The number of nitrogens with zero attached hydrogens (tertiary/aromatic N) is 3. The molecule has 1 aliphatic rings. The van der Waals surface area contributed by atoms with Crippen molar-refractivity contribution in [1.82, 2.24) is 14.3 Å². The lowest BCUT2D eigenvalue weighted by molar-refractivity contribution is 0.340. The minimum absolute atomic E-state index is 0.0498. The predicted molar refractivity (Wildman–Crippen MR) is 121 cm³/mol. The molecule has 5 rings (SSSR count). The third-order valence-electron chi connectivity index (χ3n) is 5.77. The summed E-state index contributed by atoms with van der Waals surface area (Å²) in [4.78, 5) is 0. The van der Waals surface area contributed by atoms with E-state index in [0.717, 1.165) is 28.5 Å². The highest BCUT2D eigenvalue weighted by Gasteiger charge is 2.29. The van der Waals surface area contributed by atoms with Gasteiger partial charge in [0.2, 0.25) is 0 Å². The summed E-state index contributed by atoms with van der Waals surface area (Å²) in [5.41, 5.74) is 9.25. The van der Waals surface area contributed by atoms with E-state index in [1.54, 1.807) is 0 Å². The van der Waals surface area contributed by atoms with Gasteiger partial charge in [-0.3, -0.25) is 0 Å². The van der Waals surface area contributed by atoms with Crippen LogP contribution in [0.3, 0.4) is 0 Å². The summed E-state index contributed by atoms with van der Waals surface area (Å²) < 4.78 is 10.0. The van der Waals surface area contributed by atoms with Crippen LogP contribution < -0.4 is 10.1 Å². The van der Waals surface area contributed by atoms with E-state index in [1.807, 2.05) is 26.0 Å². The average molecular weight is 399 g/mol. The fourth-order valence-electron chi connectivity index (χ4n) is 4.48. The maximum absolute atomic E-state index is 5.60. The highest BCUT2D eigenvalue weighted by molar-refractivity contribution is 5.78. The Morgan fingerprint density at radius 1 is 1.00 bits per heavy atom. The molecule has 3 heterocycles. The molecule has 0 saturated carbocycles. The first-order chi connectivity index (χ1) is 14.6. The normalized spacial score (nSPS) is 14.7. The molecule has 0 saturated heterocycles. The van der Waals surface area contributed by atoms with Gasteiger partial charge >= 0.3 is 0 Å². The molecular weight excluding hydrogens is 372 g/mol. The van der Waals surface area contributed by atoms with Crippen LogP contribution in [-0.2, 0) is 0 Å². The summed E-state index contributed by atoms with van der Waals surface area (Å²) in [5, 5.41) is 8.53. The van der Waals surface area contributed by atoms with Gasteiger partial charge in [0.25, 0.3) is 0 Å². The first kappa shape index (κ1) is 18.6. The highest BCUT2D eigenvalue weighted by atomic mass is 16.5. The third kappa shape index (κ3) is 2.89. The van der Waals surface area contributed by atoms with Crippen molar-refractivity contribution in [2.24, 2.45) is 0 Å². The first-order valence-electron chi connectivity index (χ1n) is 10.4. The topological polar surface area (TPSA) is 44.0 Å². The van der Waals surface area contributed by atoms with Crippen molar-refractivity contribution in [3.63, 3.8) is 0 Å². The summed E-state index contributed by atoms with van der Waals surface area (Å²) in [6.45, 7) is 9.05. The molecule has 0 aliphatic carbocycles. The number of nitrogens with one attached hydrogen (secondary N) is 1. The van der Waals surface area contributed by atoms with E-state index in [9.17, 15) is 0 Å². The zero-order valence-corrected chi connectivity index (χ0v) is 17.8. The lowest BCUT2D eigenvalue weighted by Crippen LogP contribution is -2.26. The van der Waals surface area contributed by atoms with E-state index in [2.05, 4.69) is 76.9 Å². The Bertz CT molecular complexity index is 1220. The Labute approximate surface area is 176 Å². The quantitative estimate of drug-likeness (QED) is 0.484.